The van der Waals surface area contributed by atoms with Crippen molar-refractivity contribution in [3.63, 3.8) is 0 Å². The Morgan fingerprint density at radius 1 is 0.625 bits per heavy atom. The summed E-state index contributed by atoms with van der Waals surface area (Å²) in [6, 6.07) is 39.4. The zero-order chi connectivity index (χ0) is 33.1. The van der Waals surface area contributed by atoms with Crippen LogP contribution in [0.15, 0.2) is 109 Å². The molecule has 0 amide bonds. The van der Waals surface area contributed by atoms with E-state index in [-0.39, 0.29) is 37.6 Å². The van der Waals surface area contributed by atoms with E-state index in [4.69, 9.17) is 9.97 Å². The van der Waals surface area contributed by atoms with E-state index in [9.17, 15) is 5.11 Å². The fraction of sp³-hybridized carbons (Fsp3) is 0.209. The van der Waals surface area contributed by atoms with Gasteiger partial charge in [0.25, 0.3) is 0 Å². The van der Waals surface area contributed by atoms with Gasteiger partial charge in [0.1, 0.15) is 11.6 Å². The molecule has 5 aromatic carbocycles. The van der Waals surface area contributed by atoms with Crippen LogP contribution in [0.4, 0.5) is 0 Å². The van der Waals surface area contributed by atoms with Crippen LogP contribution in [0.1, 0.15) is 52.7 Å². The topological polar surface area (TPSA) is 50.9 Å². The molecule has 0 atom stereocenters. The van der Waals surface area contributed by atoms with Gasteiger partial charge in [-0.25, -0.2) is 4.98 Å². The molecular weight excluding hydrogens is 770 g/mol. The van der Waals surface area contributed by atoms with Crippen LogP contribution in [-0.2, 0) is 38.9 Å². The summed E-state index contributed by atoms with van der Waals surface area (Å²) in [5, 5.41) is 12.1. The van der Waals surface area contributed by atoms with Gasteiger partial charge in [-0.05, 0) is 63.4 Å². The van der Waals surface area contributed by atoms with Crippen molar-refractivity contribution in [1.29, 1.82) is 0 Å². The van der Waals surface area contributed by atoms with Gasteiger partial charge in [-0.3, -0.25) is 4.98 Å². The number of pyridine rings is 1. The minimum atomic E-state index is -0.0594. The van der Waals surface area contributed by atoms with Crippen molar-refractivity contribution >= 4 is 21.9 Å². The second kappa shape index (κ2) is 12.5. The third kappa shape index (κ3) is 5.99. The Bertz CT molecular complexity index is 2290. The molecule has 5 heteroatoms. The van der Waals surface area contributed by atoms with Crippen molar-refractivity contribution in [2.24, 2.45) is 7.05 Å². The van der Waals surface area contributed by atoms with Gasteiger partial charge >= 0.3 is 0 Å². The number of fused-ring (bicyclic) bond motifs is 2. The molecule has 244 valence electrons. The molecule has 0 saturated carbocycles. The van der Waals surface area contributed by atoms with Crippen LogP contribution < -0.4 is 0 Å². The van der Waals surface area contributed by atoms with E-state index < -0.39 is 0 Å². The van der Waals surface area contributed by atoms with E-state index in [1.165, 1.54) is 16.7 Å². The van der Waals surface area contributed by atoms with Crippen LogP contribution >= 0.6 is 0 Å². The molecule has 0 aliphatic rings. The number of aryl methyl sites for hydroxylation is 1. The molecule has 0 aliphatic heterocycles. The molecule has 0 radical (unpaired) electrons. The van der Waals surface area contributed by atoms with Crippen molar-refractivity contribution in [2.75, 3.05) is 0 Å². The predicted molar refractivity (Wildman–Crippen MR) is 196 cm³/mol. The average molecular weight is 810 g/mol. The molecule has 7 rings (SSSR count). The zero-order valence-corrected chi connectivity index (χ0v) is 30.8. The largest absolute Gasteiger partial charge is 0.507 e. The fourth-order valence-electron chi connectivity index (χ4n) is 6.40. The maximum atomic E-state index is 10.9. The van der Waals surface area contributed by atoms with Crippen LogP contribution in [0.3, 0.4) is 0 Å². The Balaban J connectivity index is 0.00000401. The maximum absolute atomic E-state index is 10.9. The number of benzene rings is 5. The summed E-state index contributed by atoms with van der Waals surface area (Å²) in [7, 11) is 2.01. The number of aromatic nitrogens is 3. The van der Waals surface area contributed by atoms with Gasteiger partial charge < -0.3 is 9.67 Å². The summed E-state index contributed by atoms with van der Waals surface area (Å²) >= 11 is 0. The third-order valence-corrected chi connectivity index (χ3v) is 9.19. The number of aromatic hydroxyl groups is 1. The Morgan fingerprint density at radius 2 is 1.29 bits per heavy atom. The standard InChI is InChI=1S/C43H40N3O.Pt/c1-42(2,3)30-19-20-38(47)36(24-30)41-45-40-33(17-12-18-37(40)46(41)7)28-15-11-16-29(23-28)34-25-31(43(4,5)6)26-35-32(21-22-44-39(34)35)27-13-9-8-10-14-27;/h8-22,24-26,47H,1-7H3;/q-1;. The Kier molecular flexibility index (Phi) is 8.68. The van der Waals surface area contributed by atoms with Gasteiger partial charge in [0.2, 0.25) is 0 Å². The quantitative estimate of drug-likeness (QED) is 0.180. The van der Waals surface area contributed by atoms with E-state index in [0.29, 0.717) is 0 Å². The Hall–Kier alpha value is -4.53. The zero-order valence-electron chi connectivity index (χ0n) is 28.5. The van der Waals surface area contributed by atoms with Crippen LogP contribution in [0.5, 0.6) is 5.75 Å². The average Bonchev–Trinajstić information content (AvgIpc) is 3.39. The monoisotopic (exact) mass is 809 g/mol. The minimum Gasteiger partial charge on any atom is -0.507 e. The van der Waals surface area contributed by atoms with Gasteiger partial charge in [-0.2, -0.15) is 0 Å². The number of imidazole rings is 1. The number of phenolic OH excluding ortho intramolecular Hbond substituents is 1. The van der Waals surface area contributed by atoms with Crippen molar-refractivity contribution < 1.29 is 26.2 Å². The molecule has 1 N–H and O–H groups in total. The fourth-order valence-corrected chi connectivity index (χ4v) is 6.40. The van der Waals surface area contributed by atoms with Crippen LogP contribution in [0.25, 0.3) is 66.7 Å². The summed E-state index contributed by atoms with van der Waals surface area (Å²) in [5.41, 5.74) is 12.2. The SMILES string of the molecule is Cn1c(-c2cc(C(C)(C)C)ccc2O)nc2c(-c3[c-]c(-c4cc(C(C)(C)C)cc5c(-c6ccccc6)ccnc45)ccc3)cccc21.[Pt]. The molecule has 2 heterocycles. The number of para-hydroxylation sites is 1. The Morgan fingerprint density at radius 3 is 2.00 bits per heavy atom. The van der Waals surface area contributed by atoms with Gasteiger partial charge in [0.15, 0.2) is 0 Å². The molecule has 0 fully saturated rings. The normalized spacial score (nSPS) is 12.0. The van der Waals surface area contributed by atoms with Gasteiger partial charge in [0.05, 0.1) is 16.6 Å². The van der Waals surface area contributed by atoms with E-state index in [1.807, 2.05) is 19.3 Å². The number of phenols is 1. The molecule has 0 unspecified atom stereocenters. The molecule has 0 bridgehead atoms. The van der Waals surface area contributed by atoms with Crippen molar-refractivity contribution in [3.05, 3.63) is 127 Å². The minimum absolute atomic E-state index is 0. The molecule has 48 heavy (non-hydrogen) atoms. The first-order valence-corrected chi connectivity index (χ1v) is 16.2. The molecule has 0 aliphatic carbocycles. The summed E-state index contributed by atoms with van der Waals surface area (Å²) in [4.78, 5) is 10.1. The first-order chi connectivity index (χ1) is 22.4. The van der Waals surface area contributed by atoms with Crippen LogP contribution in [0.2, 0.25) is 0 Å². The number of rotatable bonds is 4. The van der Waals surface area contributed by atoms with E-state index >= 15 is 0 Å². The van der Waals surface area contributed by atoms with Crippen molar-refractivity contribution in [3.8, 4) is 50.5 Å². The van der Waals surface area contributed by atoms with Crippen LogP contribution in [0, 0.1) is 6.07 Å². The second-order valence-electron chi connectivity index (χ2n) is 14.5. The summed E-state index contributed by atoms with van der Waals surface area (Å²) in [6.45, 7) is 13.3. The van der Waals surface area contributed by atoms with Crippen molar-refractivity contribution in [1.82, 2.24) is 14.5 Å². The maximum Gasteiger partial charge on any atom is 0.143 e. The predicted octanol–water partition coefficient (Wildman–Crippen LogP) is 10.9. The van der Waals surface area contributed by atoms with Crippen molar-refractivity contribution in [2.45, 2.75) is 52.4 Å². The first kappa shape index (κ1) is 33.4. The smallest absolute Gasteiger partial charge is 0.143 e. The van der Waals surface area contributed by atoms with E-state index in [0.717, 1.165) is 61.1 Å². The number of hydrogen-bond acceptors (Lipinski definition) is 3. The van der Waals surface area contributed by atoms with E-state index in [1.54, 1.807) is 6.07 Å². The summed E-state index contributed by atoms with van der Waals surface area (Å²) < 4.78 is 2.07. The molecule has 2 aromatic heterocycles. The molecule has 4 nitrogen and oxygen atoms in total. The first-order valence-electron chi connectivity index (χ1n) is 16.2. The van der Waals surface area contributed by atoms with Crippen LogP contribution in [-0.4, -0.2) is 19.6 Å². The third-order valence-electron chi connectivity index (χ3n) is 9.19. The summed E-state index contributed by atoms with van der Waals surface area (Å²) in [5.74, 6) is 0.952. The number of hydrogen-bond donors (Lipinski definition) is 1. The van der Waals surface area contributed by atoms with E-state index in [2.05, 4.69) is 143 Å². The van der Waals surface area contributed by atoms with Gasteiger partial charge in [-0.15, -0.1) is 35.4 Å². The second-order valence-corrected chi connectivity index (χ2v) is 14.5. The molecule has 0 spiro atoms. The molecule has 0 saturated heterocycles. The molecular formula is C43H40N3OPt-. The van der Waals surface area contributed by atoms with Gasteiger partial charge in [0, 0.05) is 45.2 Å². The number of nitrogens with zero attached hydrogens (tertiary/aromatic N) is 3. The summed E-state index contributed by atoms with van der Waals surface area (Å²) in [6.07, 6.45) is 1.91. The molecule has 7 aromatic rings. The Labute approximate surface area is 297 Å². The van der Waals surface area contributed by atoms with Gasteiger partial charge in [-0.1, -0.05) is 107 Å².